The second kappa shape index (κ2) is 11.1. The molecule has 0 radical (unpaired) electrons. The normalized spacial score (nSPS) is 10.5. The van der Waals surface area contributed by atoms with Crippen LogP contribution in [0.2, 0.25) is 0 Å². The van der Waals surface area contributed by atoms with Crippen molar-refractivity contribution in [3.8, 4) is 23.0 Å². The number of nitrogens with zero attached hydrogens (tertiary/aromatic N) is 1. The molecule has 0 saturated heterocycles. The first-order chi connectivity index (χ1) is 14.4. The number of benzene rings is 2. The summed E-state index contributed by atoms with van der Waals surface area (Å²) in [6.07, 6.45) is 1.44. The van der Waals surface area contributed by atoms with Crippen LogP contribution in [-0.2, 0) is 4.79 Å². The van der Waals surface area contributed by atoms with Crippen LogP contribution in [0, 0.1) is 0 Å². The van der Waals surface area contributed by atoms with Crippen molar-refractivity contribution in [3.63, 3.8) is 0 Å². The van der Waals surface area contributed by atoms with E-state index in [4.69, 9.17) is 24.7 Å². The third-order valence-electron chi connectivity index (χ3n) is 3.72. The van der Waals surface area contributed by atoms with E-state index in [1.807, 2.05) is 6.92 Å². The SMILES string of the molecule is CCOc1cc(C(=O)N/N=C/c2cc(Br)c(OCC(N)=O)c(OC)c2)ccc1OC. The van der Waals surface area contributed by atoms with E-state index in [0.717, 1.165) is 0 Å². The van der Waals surface area contributed by atoms with Gasteiger partial charge in [0.15, 0.2) is 29.6 Å². The molecule has 0 atom stereocenters. The van der Waals surface area contributed by atoms with E-state index in [1.165, 1.54) is 20.4 Å². The van der Waals surface area contributed by atoms with Crippen LogP contribution >= 0.6 is 15.9 Å². The molecule has 0 fully saturated rings. The molecule has 3 N–H and O–H groups in total. The van der Waals surface area contributed by atoms with Crippen molar-refractivity contribution in [2.45, 2.75) is 6.92 Å². The second-order valence-corrected chi connectivity index (χ2v) is 6.64. The van der Waals surface area contributed by atoms with Gasteiger partial charge in [0.1, 0.15) is 0 Å². The maximum Gasteiger partial charge on any atom is 0.271 e. The molecule has 0 aliphatic carbocycles. The lowest BCUT2D eigenvalue weighted by Crippen LogP contribution is -2.20. The molecule has 0 saturated carbocycles. The number of methoxy groups -OCH3 is 2. The maximum atomic E-state index is 12.4. The highest BCUT2D eigenvalue weighted by Gasteiger charge is 2.13. The van der Waals surface area contributed by atoms with Crippen LogP contribution in [0.1, 0.15) is 22.8 Å². The molecule has 30 heavy (non-hydrogen) atoms. The highest BCUT2D eigenvalue weighted by molar-refractivity contribution is 9.10. The van der Waals surface area contributed by atoms with Crippen molar-refractivity contribution in [2.24, 2.45) is 10.8 Å². The molecule has 0 aliphatic heterocycles. The monoisotopic (exact) mass is 479 g/mol. The zero-order valence-electron chi connectivity index (χ0n) is 16.7. The lowest BCUT2D eigenvalue weighted by Gasteiger charge is -2.12. The number of carbonyl (C=O) groups is 2. The van der Waals surface area contributed by atoms with E-state index in [2.05, 4.69) is 26.5 Å². The first kappa shape index (κ1) is 23.0. The van der Waals surface area contributed by atoms with Gasteiger partial charge in [-0.3, -0.25) is 9.59 Å². The average Bonchev–Trinajstić information content (AvgIpc) is 2.72. The molecule has 0 bridgehead atoms. The van der Waals surface area contributed by atoms with Crippen LogP contribution in [0.3, 0.4) is 0 Å². The molecule has 0 heterocycles. The second-order valence-electron chi connectivity index (χ2n) is 5.79. The molecule has 0 aromatic heterocycles. The third kappa shape index (κ3) is 6.11. The van der Waals surface area contributed by atoms with Gasteiger partial charge >= 0.3 is 0 Å². The molecule has 10 heteroatoms. The van der Waals surface area contributed by atoms with Crippen LogP contribution in [-0.4, -0.2) is 45.5 Å². The van der Waals surface area contributed by atoms with Crippen LogP contribution in [0.5, 0.6) is 23.0 Å². The quantitative estimate of drug-likeness (QED) is 0.398. The van der Waals surface area contributed by atoms with Gasteiger partial charge in [-0.15, -0.1) is 0 Å². The van der Waals surface area contributed by atoms with Gasteiger partial charge in [-0.05, 0) is 58.7 Å². The van der Waals surface area contributed by atoms with Crippen LogP contribution in [0.4, 0.5) is 0 Å². The number of rotatable bonds is 10. The summed E-state index contributed by atoms with van der Waals surface area (Å²) in [4.78, 5) is 23.3. The van der Waals surface area contributed by atoms with Gasteiger partial charge < -0.3 is 24.7 Å². The van der Waals surface area contributed by atoms with Gasteiger partial charge in [0.2, 0.25) is 0 Å². The summed E-state index contributed by atoms with van der Waals surface area (Å²) in [6.45, 7) is 1.99. The molecular formula is C20H22BrN3O6. The molecule has 2 aromatic rings. The molecule has 2 aromatic carbocycles. The van der Waals surface area contributed by atoms with E-state index < -0.39 is 11.8 Å². The van der Waals surface area contributed by atoms with Gasteiger partial charge in [0, 0.05) is 5.56 Å². The molecule has 2 amide bonds. The summed E-state index contributed by atoms with van der Waals surface area (Å²) in [6, 6.07) is 8.16. The van der Waals surface area contributed by atoms with E-state index >= 15 is 0 Å². The summed E-state index contributed by atoms with van der Waals surface area (Å²) in [7, 11) is 2.99. The largest absolute Gasteiger partial charge is 0.493 e. The minimum absolute atomic E-state index is 0.288. The fourth-order valence-corrected chi connectivity index (χ4v) is 2.99. The summed E-state index contributed by atoms with van der Waals surface area (Å²) < 4.78 is 21.8. The van der Waals surface area contributed by atoms with Gasteiger partial charge in [0.05, 0.1) is 31.5 Å². The standard InChI is InChI=1S/C20H22BrN3O6/c1-4-29-16-9-13(5-6-15(16)27-2)20(26)24-23-10-12-7-14(21)19(17(8-12)28-3)30-11-18(22)25/h5-10H,4,11H2,1-3H3,(H2,22,25)(H,24,26)/b23-10+. The predicted molar refractivity (Wildman–Crippen MR) is 115 cm³/mol. The number of hydrogen-bond acceptors (Lipinski definition) is 7. The molecule has 0 spiro atoms. The fourth-order valence-electron chi connectivity index (χ4n) is 2.41. The third-order valence-corrected chi connectivity index (χ3v) is 4.30. The van der Waals surface area contributed by atoms with Crippen molar-refractivity contribution in [2.75, 3.05) is 27.4 Å². The number of amides is 2. The number of hydrazone groups is 1. The van der Waals surface area contributed by atoms with Gasteiger partial charge in [-0.2, -0.15) is 5.10 Å². The summed E-state index contributed by atoms with van der Waals surface area (Å²) in [5.74, 6) is 0.684. The summed E-state index contributed by atoms with van der Waals surface area (Å²) >= 11 is 3.35. The van der Waals surface area contributed by atoms with Crippen molar-refractivity contribution in [1.29, 1.82) is 0 Å². The van der Waals surface area contributed by atoms with Gasteiger partial charge in [-0.25, -0.2) is 5.43 Å². The Labute approximate surface area is 182 Å². The number of primary amides is 1. The van der Waals surface area contributed by atoms with Crippen molar-refractivity contribution in [3.05, 3.63) is 45.9 Å². The Morgan fingerprint density at radius 3 is 2.47 bits per heavy atom. The Morgan fingerprint density at radius 2 is 1.83 bits per heavy atom. The Morgan fingerprint density at radius 1 is 1.10 bits per heavy atom. The lowest BCUT2D eigenvalue weighted by molar-refractivity contribution is -0.119. The van der Waals surface area contributed by atoms with Gasteiger partial charge in [0.25, 0.3) is 11.8 Å². The molecule has 0 unspecified atom stereocenters. The van der Waals surface area contributed by atoms with Gasteiger partial charge in [-0.1, -0.05) is 0 Å². The molecule has 0 aliphatic rings. The number of nitrogens with two attached hydrogens (primary N) is 1. The molecule has 160 valence electrons. The zero-order valence-corrected chi connectivity index (χ0v) is 18.3. The molecule has 2 rings (SSSR count). The first-order valence-electron chi connectivity index (χ1n) is 8.82. The number of hydrogen-bond donors (Lipinski definition) is 2. The first-order valence-corrected chi connectivity index (χ1v) is 9.61. The van der Waals surface area contributed by atoms with E-state index in [0.29, 0.717) is 45.2 Å². The fraction of sp³-hybridized carbons (Fsp3) is 0.250. The predicted octanol–water partition coefficient (Wildman–Crippen LogP) is 2.49. The highest BCUT2D eigenvalue weighted by atomic mass is 79.9. The van der Waals surface area contributed by atoms with Crippen LogP contribution in [0.25, 0.3) is 0 Å². The maximum absolute atomic E-state index is 12.4. The minimum atomic E-state index is -0.608. The summed E-state index contributed by atoms with van der Waals surface area (Å²) in [5.41, 5.74) is 8.54. The molecular weight excluding hydrogens is 458 g/mol. The topological polar surface area (TPSA) is 121 Å². The zero-order chi connectivity index (χ0) is 22.1. The lowest BCUT2D eigenvalue weighted by atomic mass is 10.2. The number of ether oxygens (including phenoxy) is 4. The smallest absolute Gasteiger partial charge is 0.271 e. The van der Waals surface area contributed by atoms with Crippen molar-refractivity contribution in [1.82, 2.24) is 5.43 Å². The Hall–Kier alpha value is -3.27. The minimum Gasteiger partial charge on any atom is -0.493 e. The Kier molecular flexibility index (Phi) is 8.48. The van der Waals surface area contributed by atoms with Crippen LogP contribution < -0.4 is 30.1 Å². The Bertz CT molecular complexity index is 948. The van der Waals surface area contributed by atoms with E-state index in [-0.39, 0.29) is 6.61 Å². The number of halogens is 1. The summed E-state index contributed by atoms with van der Waals surface area (Å²) in [5, 5.41) is 3.97. The van der Waals surface area contributed by atoms with Crippen molar-refractivity contribution >= 4 is 34.0 Å². The van der Waals surface area contributed by atoms with E-state index in [9.17, 15) is 9.59 Å². The van der Waals surface area contributed by atoms with Crippen molar-refractivity contribution < 1.29 is 28.5 Å². The van der Waals surface area contributed by atoms with E-state index in [1.54, 1.807) is 30.3 Å². The average molecular weight is 480 g/mol. The highest BCUT2D eigenvalue weighted by Crippen LogP contribution is 2.36. The number of nitrogens with one attached hydrogen (secondary N) is 1. The Balaban J connectivity index is 2.12. The molecule has 9 nitrogen and oxygen atoms in total. The number of carbonyl (C=O) groups excluding carboxylic acids is 2. The van der Waals surface area contributed by atoms with Crippen LogP contribution in [0.15, 0.2) is 39.9 Å².